The third-order valence-corrected chi connectivity index (χ3v) is 4.84. The van der Waals surface area contributed by atoms with E-state index < -0.39 is 6.10 Å². The summed E-state index contributed by atoms with van der Waals surface area (Å²) in [4.78, 5) is 23.3. The van der Waals surface area contributed by atoms with E-state index in [2.05, 4.69) is 13.8 Å². The molecule has 0 spiro atoms. The molecule has 0 fully saturated rings. The van der Waals surface area contributed by atoms with Gasteiger partial charge in [-0.3, -0.25) is 9.59 Å². The lowest BCUT2D eigenvalue weighted by molar-refractivity contribution is -0.152. The van der Waals surface area contributed by atoms with Crippen molar-refractivity contribution in [2.75, 3.05) is 13.2 Å². The molecule has 0 saturated carbocycles. The summed E-state index contributed by atoms with van der Waals surface area (Å²) in [7, 11) is 0. The van der Waals surface area contributed by atoms with Crippen LogP contribution in [-0.2, 0) is 19.1 Å². The van der Waals surface area contributed by atoms with Crippen molar-refractivity contribution in [1.29, 1.82) is 0 Å². The Morgan fingerprint density at radius 3 is 1.29 bits per heavy atom. The van der Waals surface area contributed by atoms with E-state index in [0.717, 1.165) is 38.5 Å². The van der Waals surface area contributed by atoms with E-state index in [1.807, 2.05) is 0 Å². The van der Waals surface area contributed by atoms with Gasteiger partial charge in [0.25, 0.3) is 0 Å². The summed E-state index contributed by atoms with van der Waals surface area (Å²) in [6, 6.07) is 0. The molecule has 5 nitrogen and oxygen atoms in total. The third-order valence-electron chi connectivity index (χ3n) is 4.84. The lowest BCUT2D eigenvalue weighted by atomic mass is 10.1. The summed E-state index contributed by atoms with van der Waals surface area (Å²) in [6.07, 6.45) is 16.0. The molecule has 166 valence electrons. The Morgan fingerprint density at radius 2 is 0.929 bits per heavy atom. The van der Waals surface area contributed by atoms with Gasteiger partial charge in [0.05, 0.1) is 0 Å². The molecule has 0 aromatic rings. The number of unbranched alkanes of at least 4 members (excludes halogenated alkanes) is 12. The van der Waals surface area contributed by atoms with Crippen molar-refractivity contribution in [3.05, 3.63) is 0 Å². The Balaban J connectivity index is 3.46. The molecule has 0 aromatic heterocycles. The lowest BCUT2D eigenvalue weighted by Crippen LogP contribution is -2.25. The van der Waals surface area contributed by atoms with Gasteiger partial charge in [-0.15, -0.1) is 0 Å². The van der Waals surface area contributed by atoms with Crippen LogP contribution >= 0.6 is 0 Å². The maximum atomic E-state index is 11.7. The molecule has 1 atom stereocenters. The maximum absolute atomic E-state index is 11.7. The minimum Gasteiger partial charge on any atom is -0.463 e. The number of hydrogen-bond donors (Lipinski definition) is 1. The van der Waals surface area contributed by atoms with E-state index in [1.54, 1.807) is 0 Å². The van der Waals surface area contributed by atoms with E-state index in [-0.39, 0.29) is 25.2 Å². The van der Waals surface area contributed by atoms with Crippen LogP contribution in [0.2, 0.25) is 0 Å². The van der Waals surface area contributed by atoms with E-state index in [1.165, 1.54) is 51.4 Å². The Morgan fingerprint density at radius 1 is 0.607 bits per heavy atom. The van der Waals surface area contributed by atoms with E-state index >= 15 is 0 Å². The number of esters is 2. The SMILES string of the molecule is CCCCCCCCCCCC(=O)OC[C@@H](O)COC(=O)CCCCCCC. The van der Waals surface area contributed by atoms with Crippen LogP contribution in [0.5, 0.6) is 0 Å². The number of rotatable bonds is 20. The zero-order valence-electron chi connectivity index (χ0n) is 18.4. The molecular formula is C23H44O5. The van der Waals surface area contributed by atoms with Crippen molar-refractivity contribution in [2.45, 2.75) is 123 Å². The highest BCUT2D eigenvalue weighted by atomic mass is 16.6. The van der Waals surface area contributed by atoms with Crippen molar-refractivity contribution in [3.8, 4) is 0 Å². The minimum absolute atomic E-state index is 0.111. The molecule has 28 heavy (non-hydrogen) atoms. The van der Waals surface area contributed by atoms with Crippen LogP contribution in [0.1, 0.15) is 117 Å². The summed E-state index contributed by atoms with van der Waals surface area (Å²) in [5.41, 5.74) is 0. The average Bonchev–Trinajstić information content (AvgIpc) is 2.69. The minimum atomic E-state index is -0.948. The van der Waals surface area contributed by atoms with Crippen LogP contribution < -0.4 is 0 Å². The maximum Gasteiger partial charge on any atom is 0.305 e. The molecule has 1 N–H and O–H groups in total. The van der Waals surface area contributed by atoms with Gasteiger partial charge in [-0.2, -0.15) is 0 Å². The average molecular weight is 401 g/mol. The van der Waals surface area contributed by atoms with Gasteiger partial charge in [0.1, 0.15) is 19.3 Å². The first-order valence-corrected chi connectivity index (χ1v) is 11.6. The van der Waals surface area contributed by atoms with E-state index in [0.29, 0.717) is 12.8 Å². The van der Waals surface area contributed by atoms with Gasteiger partial charge in [0.15, 0.2) is 0 Å². The fraction of sp³-hybridized carbons (Fsp3) is 0.913. The van der Waals surface area contributed by atoms with Crippen LogP contribution in [0.25, 0.3) is 0 Å². The molecule has 0 aliphatic rings. The monoisotopic (exact) mass is 400 g/mol. The van der Waals surface area contributed by atoms with Crippen LogP contribution in [0.15, 0.2) is 0 Å². The predicted octanol–water partition coefficient (Wildman–Crippen LogP) is 5.72. The zero-order chi connectivity index (χ0) is 20.9. The van der Waals surface area contributed by atoms with E-state index in [9.17, 15) is 14.7 Å². The first-order chi connectivity index (χ1) is 13.6. The Kier molecular flexibility index (Phi) is 19.8. The quantitative estimate of drug-likeness (QED) is 0.209. The number of carbonyl (C=O) groups excluding carboxylic acids is 2. The number of carbonyl (C=O) groups is 2. The fourth-order valence-electron chi connectivity index (χ4n) is 3.02. The van der Waals surface area contributed by atoms with Crippen molar-refractivity contribution in [2.24, 2.45) is 0 Å². The second kappa shape index (κ2) is 20.6. The van der Waals surface area contributed by atoms with E-state index in [4.69, 9.17) is 9.47 Å². The summed E-state index contributed by atoms with van der Waals surface area (Å²) in [6.45, 7) is 4.15. The van der Waals surface area contributed by atoms with Gasteiger partial charge in [0.2, 0.25) is 0 Å². The van der Waals surface area contributed by atoms with Gasteiger partial charge < -0.3 is 14.6 Å². The van der Waals surface area contributed by atoms with Gasteiger partial charge in [0, 0.05) is 12.8 Å². The van der Waals surface area contributed by atoms with Gasteiger partial charge in [-0.1, -0.05) is 90.9 Å². The molecule has 0 saturated heterocycles. The van der Waals surface area contributed by atoms with Crippen molar-refractivity contribution < 1.29 is 24.2 Å². The summed E-state index contributed by atoms with van der Waals surface area (Å²) >= 11 is 0. The number of aliphatic hydroxyl groups excluding tert-OH is 1. The lowest BCUT2D eigenvalue weighted by Gasteiger charge is -2.12. The molecule has 0 bridgehead atoms. The van der Waals surface area contributed by atoms with Crippen LogP contribution in [0.3, 0.4) is 0 Å². The van der Waals surface area contributed by atoms with Gasteiger partial charge in [-0.05, 0) is 12.8 Å². The molecule has 0 aliphatic heterocycles. The van der Waals surface area contributed by atoms with Crippen LogP contribution in [0.4, 0.5) is 0 Å². The highest BCUT2D eigenvalue weighted by Gasteiger charge is 2.12. The molecule has 0 rings (SSSR count). The zero-order valence-corrected chi connectivity index (χ0v) is 18.4. The second-order valence-electron chi connectivity index (χ2n) is 7.76. The number of hydrogen-bond acceptors (Lipinski definition) is 5. The molecule has 0 radical (unpaired) electrons. The highest BCUT2D eigenvalue weighted by molar-refractivity contribution is 5.69. The van der Waals surface area contributed by atoms with Crippen LogP contribution in [0, 0.1) is 0 Å². The Bertz CT molecular complexity index is 370. The topological polar surface area (TPSA) is 72.8 Å². The normalized spacial score (nSPS) is 12.0. The molecule has 0 amide bonds. The first kappa shape index (κ1) is 26.9. The third kappa shape index (κ3) is 19.7. The van der Waals surface area contributed by atoms with Crippen molar-refractivity contribution in [1.82, 2.24) is 0 Å². The fourth-order valence-corrected chi connectivity index (χ4v) is 3.02. The van der Waals surface area contributed by atoms with Gasteiger partial charge >= 0.3 is 11.9 Å². The molecule has 0 heterocycles. The Hall–Kier alpha value is -1.10. The molecule has 5 heteroatoms. The molecule has 0 aromatic carbocycles. The summed E-state index contributed by atoms with van der Waals surface area (Å²) in [5, 5.41) is 9.76. The van der Waals surface area contributed by atoms with Crippen LogP contribution in [-0.4, -0.2) is 36.4 Å². The summed E-state index contributed by atoms with van der Waals surface area (Å²) in [5.74, 6) is -0.583. The predicted molar refractivity (Wildman–Crippen MR) is 113 cm³/mol. The number of aliphatic hydroxyl groups is 1. The molecule has 0 aliphatic carbocycles. The number of ether oxygens (including phenoxy) is 2. The highest BCUT2D eigenvalue weighted by Crippen LogP contribution is 2.11. The largest absolute Gasteiger partial charge is 0.463 e. The Labute approximate surface area is 172 Å². The van der Waals surface area contributed by atoms with Gasteiger partial charge in [-0.25, -0.2) is 0 Å². The van der Waals surface area contributed by atoms with Crippen molar-refractivity contribution in [3.63, 3.8) is 0 Å². The smallest absolute Gasteiger partial charge is 0.305 e. The first-order valence-electron chi connectivity index (χ1n) is 11.6. The second-order valence-corrected chi connectivity index (χ2v) is 7.76. The molecule has 0 unspecified atom stereocenters. The van der Waals surface area contributed by atoms with Crippen molar-refractivity contribution >= 4 is 11.9 Å². The summed E-state index contributed by atoms with van der Waals surface area (Å²) < 4.78 is 10.1. The standard InChI is InChI=1S/C23H44O5/c1-3-5-7-9-10-11-12-14-16-18-23(26)28-20-21(24)19-27-22(25)17-15-13-8-6-4-2/h21,24H,3-20H2,1-2H3/t21-/m0/s1. The molecular weight excluding hydrogens is 356 g/mol.